The number of aromatic nitrogens is 2. The molecular weight excluding hydrogens is 222 g/mol. The average molecular weight is 237 g/mol. The van der Waals surface area contributed by atoms with E-state index in [0.29, 0.717) is 0 Å². The molecule has 3 rings (SSSR count). The maximum absolute atomic E-state index is 5.83. The minimum atomic E-state index is 0.764. The minimum absolute atomic E-state index is 0.764. The number of nitrogen functional groups attached to an aromatic ring is 1. The molecule has 0 aliphatic carbocycles. The van der Waals surface area contributed by atoms with Crippen LogP contribution in [0.4, 0.5) is 5.69 Å². The van der Waals surface area contributed by atoms with Crippen LogP contribution >= 0.6 is 0 Å². The molecule has 18 heavy (non-hydrogen) atoms. The van der Waals surface area contributed by atoms with Crippen LogP contribution in [0.3, 0.4) is 0 Å². The first kappa shape index (κ1) is 10.8. The fourth-order valence-corrected chi connectivity index (χ4v) is 2.23. The number of nitrogens with zero attached hydrogens (tertiary/aromatic N) is 2. The molecule has 90 valence electrons. The summed E-state index contributed by atoms with van der Waals surface area (Å²) in [4.78, 5) is 4.67. The lowest BCUT2D eigenvalue weighted by Gasteiger charge is -2.01. The molecule has 0 fully saturated rings. The summed E-state index contributed by atoms with van der Waals surface area (Å²) < 4.78 is 2.12. The second-order valence-corrected chi connectivity index (χ2v) is 4.61. The molecule has 0 bridgehead atoms. The third-order valence-electron chi connectivity index (χ3n) is 3.17. The molecule has 3 nitrogen and oxygen atoms in total. The van der Waals surface area contributed by atoms with E-state index in [0.717, 1.165) is 28.3 Å². The Balaban J connectivity index is 2.27. The monoisotopic (exact) mass is 237 g/mol. The number of imidazole rings is 1. The van der Waals surface area contributed by atoms with Crippen molar-refractivity contribution in [1.82, 2.24) is 9.38 Å². The summed E-state index contributed by atoms with van der Waals surface area (Å²) in [5.74, 6) is 0. The first-order valence-electron chi connectivity index (χ1n) is 5.96. The molecule has 0 saturated carbocycles. The lowest BCUT2D eigenvalue weighted by Crippen LogP contribution is -1.89. The third kappa shape index (κ3) is 1.64. The van der Waals surface area contributed by atoms with E-state index in [4.69, 9.17) is 5.73 Å². The normalized spacial score (nSPS) is 11.0. The fourth-order valence-electron chi connectivity index (χ4n) is 2.23. The number of benzene rings is 1. The first-order valence-corrected chi connectivity index (χ1v) is 5.96. The predicted octanol–water partition coefficient (Wildman–Crippen LogP) is 3.20. The molecule has 1 aromatic carbocycles. The van der Waals surface area contributed by atoms with Crippen molar-refractivity contribution in [2.24, 2.45) is 0 Å². The fraction of sp³-hybridized carbons (Fsp3) is 0.133. The van der Waals surface area contributed by atoms with Crippen molar-refractivity contribution >= 4 is 11.3 Å². The van der Waals surface area contributed by atoms with Gasteiger partial charge in [-0.25, -0.2) is 4.98 Å². The number of rotatable bonds is 1. The summed E-state index contributed by atoms with van der Waals surface area (Å²) in [7, 11) is 0. The van der Waals surface area contributed by atoms with Gasteiger partial charge >= 0.3 is 0 Å². The van der Waals surface area contributed by atoms with Crippen LogP contribution in [0.15, 0.2) is 42.6 Å². The van der Waals surface area contributed by atoms with Crippen LogP contribution in [0.25, 0.3) is 16.9 Å². The van der Waals surface area contributed by atoms with Gasteiger partial charge in [-0.15, -0.1) is 0 Å². The Bertz CT molecular complexity index is 726. The molecule has 2 aromatic heterocycles. The number of anilines is 1. The summed E-state index contributed by atoms with van der Waals surface area (Å²) in [6, 6.07) is 12.0. The highest BCUT2D eigenvalue weighted by atomic mass is 15.0. The summed E-state index contributed by atoms with van der Waals surface area (Å²) in [5.41, 5.74) is 12.0. The Labute approximate surface area is 106 Å². The molecule has 0 atom stereocenters. The zero-order valence-corrected chi connectivity index (χ0v) is 10.5. The Morgan fingerprint density at radius 2 is 1.94 bits per heavy atom. The number of pyridine rings is 1. The largest absolute Gasteiger partial charge is 0.399 e. The summed E-state index contributed by atoms with van der Waals surface area (Å²) in [6.45, 7) is 4.16. The third-order valence-corrected chi connectivity index (χ3v) is 3.17. The van der Waals surface area contributed by atoms with Crippen molar-refractivity contribution in [3.05, 3.63) is 53.9 Å². The molecule has 0 amide bonds. The van der Waals surface area contributed by atoms with Crippen LogP contribution in [0, 0.1) is 13.8 Å². The zero-order chi connectivity index (χ0) is 12.7. The molecule has 0 unspecified atom stereocenters. The molecule has 0 aliphatic rings. The smallest absolute Gasteiger partial charge is 0.137 e. The summed E-state index contributed by atoms with van der Waals surface area (Å²) in [5, 5.41) is 0. The highest BCUT2D eigenvalue weighted by molar-refractivity contribution is 5.69. The van der Waals surface area contributed by atoms with Crippen LogP contribution in [-0.4, -0.2) is 9.38 Å². The standard InChI is InChI=1S/C15H15N3/c1-10-6-7-14-17-15(11(2)18(14)9-10)12-4-3-5-13(16)8-12/h3-9H,16H2,1-2H3. The Morgan fingerprint density at radius 3 is 2.72 bits per heavy atom. The topological polar surface area (TPSA) is 43.3 Å². The highest BCUT2D eigenvalue weighted by Crippen LogP contribution is 2.25. The Hall–Kier alpha value is -2.29. The van der Waals surface area contributed by atoms with Crippen LogP contribution in [0.5, 0.6) is 0 Å². The van der Waals surface area contributed by atoms with E-state index in [9.17, 15) is 0 Å². The number of hydrogen-bond donors (Lipinski definition) is 1. The SMILES string of the molecule is Cc1ccc2nc(-c3cccc(N)c3)c(C)n2c1. The summed E-state index contributed by atoms with van der Waals surface area (Å²) >= 11 is 0. The Morgan fingerprint density at radius 1 is 1.11 bits per heavy atom. The van der Waals surface area contributed by atoms with Crippen LogP contribution in [-0.2, 0) is 0 Å². The summed E-state index contributed by atoms with van der Waals surface area (Å²) in [6.07, 6.45) is 2.10. The van der Waals surface area contributed by atoms with Gasteiger partial charge in [-0.05, 0) is 37.6 Å². The van der Waals surface area contributed by atoms with Gasteiger partial charge in [0.2, 0.25) is 0 Å². The van der Waals surface area contributed by atoms with E-state index >= 15 is 0 Å². The number of aryl methyl sites for hydroxylation is 2. The molecule has 0 saturated heterocycles. The van der Waals surface area contributed by atoms with Crippen LogP contribution < -0.4 is 5.73 Å². The van der Waals surface area contributed by atoms with E-state index in [2.05, 4.69) is 35.5 Å². The van der Waals surface area contributed by atoms with Gasteiger partial charge in [0.1, 0.15) is 5.65 Å². The second kappa shape index (κ2) is 3.88. The van der Waals surface area contributed by atoms with E-state index < -0.39 is 0 Å². The van der Waals surface area contributed by atoms with Crippen molar-refractivity contribution in [3.63, 3.8) is 0 Å². The molecule has 2 heterocycles. The number of hydrogen-bond acceptors (Lipinski definition) is 2. The van der Waals surface area contributed by atoms with Crippen molar-refractivity contribution in [1.29, 1.82) is 0 Å². The van der Waals surface area contributed by atoms with Gasteiger partial charge in [-0.2, -0.15) is 0 Å². The lowest BCUT2D eigenvalue weighted by atomic mass is 10.1. The predicted molar refractivity (Wildman–Crippen MR) is 74.5 cm³/mol. The molecule has 0 aliphatic heterocycles. The van der Waals surface area contributed by atoms with Crippen LogP contribution in [0.1, 0.15) is 11.3 Å². The second-order valence-electron chi connectivity index (χ2n) is 4.61. The van der Waals surface area contributed by atoms with Gasteiger partial charge < -0.3 is 10.1 Å². The average Bonchev–Trinajstić information content (AvgIpc) is 2.67. The van der Waals surface area contributed by atoms with E-state index in [1.54, 1.807) is 0 Å². The van der Waals surface area contributed by atoms with Gasteiger partial charge in [0.15, 0.2) is 0 Å². The highest BCUT2D eigenvalue weighted by Gasteiger charge is 2.10. The van der Waals surface area contributed by atoms with Crippen molar-refractivity contribution in [2.45, 2.75) is 13.8 Å². The van der Waals surface area contributed by atoms with E-state index in [1.807, 2.05) is 30.3 Å². The molecular formula is C15H15N3. The molecule has 3 heteroatoms. The van der Waals surface area contributed by atoms with Gasteiger partial charge in [-0.3, -0.25) is 0 Å². The number of nitrogens with two attached hydrogens (primary N) is 1. The van der Waals surface area contributed by atoms with E-state index in [1.165, 1.54) is 5.56 Å². The maximum atomic E-state index is 5.83. The lowest BCUT2D eigenvalue weighted by molar-refractivity contribution is 1.09. The van der Waals surface area contributed by atoms with Crippen LogP contribution in [0.2, 0.25) is 0 Å². The quantitative estimate of drug-likeness (QED) is 0.660. The zero-order valence-electron chi connectivity index (χ0n) is 10.5. The molecule has 2 N–H and O–H groups in total. The van der Waals surface area contributed by atoms with Gasteiger partial charge in [0, 0.05) is 23.1 Å². The molecule has 0 radical (unpaired) electrons. The molecule has 3 aromatic rings. The van der Waals surface area contributed by atoms with Crippen molar-refractivity contribution in [3.8, 4) is 11.3 Å². The maximum Gasteiger partial charge on any atom is 0.137 e. The van der Waals surface area contributed by atoms with Crippen molar-refractivity contribution in [2.75, 3.05) is 5.73 Å². The first-order chi connectivity index (χ1) is 8.65. The minimum Gasteiger partial charge on any atom is -0.399 e. The molecule has 0 spiro atoms. The Kier molecular flexibility index (Phi) is 2.33. The van der Waals surface area contributed by atoms with Gasteiger partial charge in [0.25, 0.3) is 0 Å². The van der Waals surface area contributed by atoms with Gasteiger partial charge in [-0.1, -0.05) is 18.2 Å². The number of fused-ring (bicyclic) bond motifs is 1. The van der Waals surface area contributed by atoms with Crippen molar-refractivity contribution < 1.29 is 0 Å². The van der Waals surface area contributed by atoms with E-state index in [-0.39, 0.29) is 0 Å². The van der Waals surface area contributed by atoms with Gasteiger partial charge in [0.05, 0.1) is 5.69 Å².